The molecule has 0 aliphatic carbocycles. The summed E-state index contributed by atoms with van der Waals surface area (Å²) < 4.78 is 56.1. The molecule has 534 valence electrons. The van der Waals surface area contributed by atoms with E-state index in [1.54, 1.807) is 198 Å². The Morgan fingerprint density at radius 2 is 0.644 bits per heavy atom. The number of esters is 6. The van der Waals surface area contributed by atoms with Gasteiger partial charge in [-0.25, -0.2) is 19.2 Å². The van der Waals surface area contributed by atoms with Gasteiger partial charge in [-0.15, -0.1) is 0 Å². The third-order valence-electron chi connectivity index (χ3n) is 15.9. The van der Waals surface area contributed by atoms with Crippen molar-refractivity contribution in [3.8, 4) is 46.0 Å². The SMILES string of the molecule is CC.CC.CCC(C)C(=O)OCCCCOc1ccc(C(=O)Oc2ccc(OC(=O)c3ccc(COc4ccc(B(O)O)cc4)cc3)c(C)c2C)cc1.CCC(C)C(=O)OCCCCOc1ccc(C(=O)Oc2ccc(OC(=O)c3ccc(COc4ccc(C=O)cc4)cc3)c(C)c2C)cc1. The Kier molecular flexibility index (Phi) is 34.6. The first-order chi connectivity index (χ1) is 48.7. The van der Waals surface area contributed by atoms with Gasteiger partial charge in [0.05, 0.1) is 60.5 Å². The first-order valence-corrected chi connectivity index (χ1v) is 34.1. The van der Waals surface area contributed by atoms with E-state index in [1.807, 2.05) is 55.4 Å². The lowest BCUT2D eigenvalue weighted by atomic mass is 9.80. The van der Waals surface area contributed by atoms with E-state index in [2.05, 4.69) is 0 Å². The molecule has 0 aromatic heterocycles. The molecule has 0 heterocycles. The highest BCUT2D eigenvalue weighted by Gasteiger charge is 2.21. The van der Waals surface area contributed by atoms with Gasteiger partial charge >= 0.3 is 42.9 Å². The lowest BCUT2D eigenvalue weighted by molar-refractivity contribution is -0.149. The maximum absolute atomic E-state index is 12.9. The number of carbonyl (C=O) groups is 7. The summed E-state index contributed by atoms with van der Waals surface area (Å²) >= 11 is 0. The van der Waals surface area contributed by atoms with Crippen LogP contribution in [0.3, 0.4) is 0 Å². The summed E-state index contributed by atoms with van der Waals surface area (Å²) in [6.45, 7) is 25.0. The molecule has 2 N–H and O–H groups in total. The zero-order valence-electron chi connectivity index (χ0n) is 59.8. The molecule has 0 radical (unpaired) electrons. The number of aldehydes is 1. The molecule has 19 nitrogen and oxygen atoms in total. The van der Waals surface area contributed by atoms with Crippen molar-refractivity contribution in [3.05, 3.63) is 231 Å². The standard InChI is InChI=1S/C39H40O9.C38H41BO10.2C2H6/c1-5-26(2)37(41)45-23-7-6-22-44-33-18-14-32(15-19-33)39(43)48-36-21-20-35(27(3)28(36)4)47-38(42)31-12-8-30(9-13-31)25-46-34-16-10-29(24-40)11-17-34;1-5-25(2)36(40)46-23-7-6-22-45-32-16-12-30(13-17-32)38(42)49-35-21-20-34(26(3)27(35)4)48-37(41)29-10-8-28(9-11-29)24-47-33-18-14-31(15-19-33)39(43)44;2*1-2/h8-21,24,26H,5-7,22-23,25H2,1-4H3;8-21,25,43-44H,5-7,22-24H2,1-4H3;2*1-2H3. The molecule has 101 heavy (non-hydrogen) atoms. The summed E-state index contributed by atoms with van der Waals surface area (Å²) in [6.07, 6.45) is 5.14. The van der Waals surface area contributed by atoms with E-state index < -0.39 is 31.0 Å². The van der Waals surface area contributed by atoms with Gasteiger partial charge in [0.15, 0.2) is 0 Å². The Morgan fingerprint density at radius 1 is 0.376 bits per heavy atom. The molecule has 8 aromatic carbocycles. The van der Waals surface area contributed by atoms with Crippen LogP contribution < -0.4 is 43.4 Å². The van der Waals surface area contributed by atoms with E-state index in [-0.39, 0.29) is 30.4 Å². The minimum absolute atomic E-state index is 0.0888. The molecule has 8 aromatic rings. The van der Waals surface area contributed by atoms with E-state index in [9.17, 15) is 43.6 Å². The number of hydrogen-bond donors (Lipinski definition) is 2. The summed E-state index contributed by atoms with van der Waals surface area (Å²) in [5.41, 5.74) is 6.71. The van der Waals surface area contributed by atoms with Gasteiger partial charge in [0.25, 0.3) is 0 Å². The van der Waals surface area contributed by atoms with Gasteiger partial charge in [-0.1, -0.05) is 91.8 Å². The first-order valence-electron chi connectivity index (χ1n) is 34.1. The van der Waals surface area contributed by atoms with Crippen LogP contribution in [0.4, 0.5) is 0 Å². The highest BCUT2D eigenvalue weighted by molar-refractivity contribution is 6.58. The fourth-order valence-corrected chi connectivity index (χ4v) is 8.93. The lowest BCUT2D eigenvalue weighted by Crippen LogP contribution is -2.29. The number of benzene rings is 8. The van der Waals surface area contributed by atoms with Crippen LogP contribution >= 0.6 is 0 Å². The number of hydrogen-bond acceptors (Lipinski definition) is 19. The lowest BCUT2D eigenvalue weighted by Gasteiger charge is -2.14. The molecule has 0 bridgehead atoms. The molecule has 0 saturated heterocycles. The molecular weight excluding hydrogens is 1290 g/mol. The molecule has 2 unspecified atom stereocenters. The van der Waals surface area contributed by atoms with Crippen molar-refractivity contribution in [3.63, 3.8) is 0 Å². The van der Waals surface area contributed by atoms with Crippen LogP contribution in [-0.4, -0.2) is 85.7 Å². The van der Waals surface area contributed by atoms with Crippen LogP contribution in [0.25, 0.3) is 0 Å². The number of carbonyl (C=O) groups excluding carboxylic acids is 7. The predicted octanol–water partition coefficient (Wildman–Crippen LogP) is 15.7. The summed E-state index contributed by atoms with van der Waals surface area (Å²) in [5.74, 6) is 1.20. The average molecular weight is 1380 g/mol. The Morgan fingerprint density at radius 3 is 0.931 bits per heavy atom. The van der Waals surface area contributed by atoms with E-state index in [4.69, 9.17) is 47.4 Å². The fourth-order valence-electron chi connectivity index (χ4n) is 8.93. The molecule has 0 saturated carbocycles. The second-order valence-electron chi connectivity index (χ2n) is 22.9. The van der Waals surface area contributed by atoms with Crippen LogP contribution in [0.5, 0.6) is 46.0 Å². The largest absolute Gasteiger partial charge is 0.494 e. The third-order valence-corrected chi connectivity index (χ3v) is 15.9. The minimum Gasteiger partial charge on any atom is -0.494 e. The van der Waals surface area contributed by atoms with Gasteiger partial charge < -0.3 is 57.4 Å². The molecule has 0 fully saturated rings. The van der Waals surface area contributed by atoms with Crippen LogP contribution in [0.1, 0.15) is 179 Å². The average Bonchev–Trinajstić information content (AvgIpc) is 0.827. The number of unbranched alkanes of at least 4 members (excludes halogenated alkanes) is 2. The minimum atomic E-state index is -1.54. The Balaban J connectivity index is 0.000000347. The topological polar surface area (TPSA) is 252 Å². The third kappa shape index (κ3) is 26.2. The first kappa shape index (κ1) is 81.1. The Labute approximate surface area is 593 Å². The molecule has 0 spiro atoms. The quantitative estimate of drug-likeness (QED) is 0.0131. The van der Waals surface area contributed by atoms with Crippen molar-refractivity contribution in [1.82, 2.24) is 0 Å². The van der Waals surface area contributed by atoms with E-state index in [0.29, 0.717) is 147 Å². The molecule has 20 heteroatoms. The van der Waals surface area contributed by atoms with Crippen molar-refractivity contribution >= 4 is 54.7 Å². The van der Waals surface area contributed by atoms with Crippen LogP contribution in [0, 0.1) is 39.5 Å². The number of ether oxygens (including phenoxy) is 10. The normalized spacial score (nSPS) is 11.0. The molecule has 2 atom stereocenters. The van der Waals surface area contributed by atoms with Crippen LogP contribution in [0.2, 0.25) is 0 Å². The van der Waals surface area contributed by atoms with Gasteiger partial charge in [0, 0.05) is 5.56 Å². The summed E-state index contributed by atoms with van der Waals surface area (Å²) in [5, 5.41) is 18.4. The maximum Gasteiger partial charge on any atom is 0.488 e. The van der Waals surface area contributed by atoms with Crippen molar-refractivity contribution in [2.24, 2.45) is 11.8 Å². The smallest absolute Gasteiger partial charge is 0.488 e. The van der Waals surface area contributed by atoms with E-state index in [0.717, 1.165) is 43.1 Å². The van der Waals surface area contributed by atoms with E-state index >= 15 is 0 Å². The maximum atomic E-state index is 12.9. The van der Waals surface area contributed by atoms with Crippen molar-refractivity contribution in [2.75, 3.05) is 26.4 Å². The van der Waals surface area contributed by atoms with Crippen LogP contribution in [-0.2, 0) is 32.3 Å². The Hall–Kier alpha value is -10.6. The molecule has 0 aliphatic heterocycles. The summed E-state index contributed by atoms with van der Waals surface area (Å²) in [4.78, 5) is 85.7. The highest BCUT2D eigenvalue weighted by Crippen LogP contribution is 2.33. The van der Waals surface area contributed by atoms with E-state index in [1.165, 1.54) is 0 Å². The van der Waals surface area contributed by atoms with Crippen molar-refractivity contribution in [1.29, 1.82) is 0 Å². The van der Waals surface area contributed by atoms with Crippen molar-refractivity contribution < 1.29 is 91.0 Å². The monoisotopic (exact) mass is 1380 g/mol. The van der Waals surface area contributed by atoms with Gasteiger partial charge in [-0.3, -0.25) is 14.4 Å². The number of rotatable bonds is 32. The van der Waals surface area contributed by atoms with Gasteiger partial charge in [0.2, 0.25) is 0 Å². The Bertz CT molecular complexity index is 3910. The molecule has 0 aliphatic rings. The zero-order valence-corrected chi connectivity index (χ0v) is 59.8. The second-order valence-corrected chi connectivity index (χ2v) is 22.9. The summed E-state index contributed by atoms with van der Waals surface area (Å²) in [7, 11) is -1.54. The molecule has 8 rings (SSSR count). The molecular formula is C81H93BO19. The van der Waals surface area contributed by atoms with Crippen LogP contribution in [0.15, 0.2) is 170 Å². The second kappa shape index (κ2) is 43.1. The fraction of sp³-hybridized carbons (Fsp3) is 0.321. The predicted molar refractivity (Wildman–Crippen MR) is 387 cm³/mol. The molecule has 0 amide bonds. The van der Waals surface area contributed by atoms with Gasteiger partial charge in [0.1, 0.15) is 65.5 Å². The summed E-state index contributed by atoms with van der Waals surface area (Å²) in [6, 6.07) is 46.7. The van der Waals surface area contributed by atoms with Crippen molar-refractivity contribution in [2.45, 2.75) is 135 Å². The highest BCUT2D eigenvalue weighted by atomic mass is 16.6. The van der Waals surface area contributed by atoms with Gasteiger partial charge in [-0.05, 0) is 239 Å². The van der Waals surface area contributed by atoms with Gasteiger partial charge in [-0.2, -0.15) is 0 Å². The zero-order chi connectivity index (χ0) is 73.8.